The molecule has 1 fully saturated rings. The lowest BCUT2D eigenvalue weighted by atomic mass is 10.00. The molecule has 1 aliphatic rings. The number of aromatic nitrogens is 5. The van der Waals surface area contributed by atoms with Crippen LogP contribution in [0.2, 0.25) is 5.02 Å². The third kappa shape index (κ3) is 5.61. The van der Waals surface area contributed by atoms with E-state index in [4.69, 9.17) is 16.3 Å². The topological polar surface area (TPSA) is 88.9 Å². The normalized spacial score (nSPS) is 17.1. The number of rotatable bonds is 7. The lowest BCUT2D eigenvalue weighted by Gasteiger charge is -2.34. The van der Waals surface area contributed by atoms with Gasteiger partial charge < -0.3 is 9.72 Å². The van der Waals surface area contributed by atoms with Gasteiger partial charge in [-0.1, -0.05) is 35.9 Å². The molecule has 37 heavy (non-hydrogen) atoms. The number of ether oxygens (including phenoxy) is 1. The van der Waals surface area contributed by atoms with Crippen LogP contribution in [0.15, 0.2) is 53.3 Å². The van der Waals surface area contributed by atoms with E-state index in [9.17, 15) is 4.79 Å². The third-order valence-electron chi connectivity index (χ3n) is 6.82. The van der Waals surface area contributed by atoms with E-state index in [2.05, 4.69) is 52.2 Å². The number of H-pyrrole nitrogens is 1. The van der Waals surface area contributed by atoms with Crippen molar-refractivity contribution < 1.29 is 4.74 Å². The minimum Gasteiger partial charge on any atom is -0.377 e. The number of aromatic amines is 1. The molecule has 5 rings (SSSR count). The first kappa shape index (κ1) is 25.6. The number of aryl methyl sites for hydroxylation is 1. The summed E-state index contributed by atoms with van der Waals surface area (Å²) >= 11 is 6.17. The quantitative estimate of drug-likeness (QED) is 0.369. The average molecular weight is 521 g/mol. The summed E-state index contributed by atoms with van der Waals surface area (Å²) < 4.78 is 7.87. The van der Waals surface area contributed by atoms with Crippen molar-refractivity contribution in [1.29, 1.82) is 0 Å². The summed E-state index contributed by atoms with van der Waals surface area (Å²) in [5.41, 5.74) is 3.05. The molecule has 0 spiro atoms. The molecule has 0 bridgehead atoms. The molecule has 0 radical (unpaired) electrons. The molecule has 2 aromatic heterocycles. The van der Waals surface area contributed by atoms with Gasteiger partial charge in [-0.2, -0.15) is 0 Å². The molecule has 2 aromatic carbocycles. The zero-order valence-electron chi connectivity index (χ0n) is 21.7. The van der Waals surface area contributed by atoms with Gasteiger partial charge in [0.2, 0.25) is 0 Å². The van der Waals surface area contributed by atoms with Crippen LogP contribution < -0.4 is 5.56 Å². The second kappa shape index (κ2) is 10.4. The number of nitrogens with zero attached hydrogens (tertiary/aromatic N) is 5. The first-order valence-corrected chi connectivity index (χ1v) is 13.1. The van der Waals surface area contributed by atoms with E-state index >= 15 is 0 Å². The van der Waals surface area contributed by atoms with Gasteiger partial charge in [0.25, 0.3) is 5.56 Å². The maximum atomic E-state index is 13.7. The van der Waals surface area contributed by atoms with E-state index in [0.717, 1.165) is 41.5 Å². The molecule has 8 nitrogen and oxygen atoms in total. The predicted molar refractivity (Wildman–Crippen MR) is 145 cm³/mol. The first-order chi connectivity index (χ1) is 17.7. The molecular weight excluding hydrogens is 488 g/mol. The van der Waals surface area contributed by atoms with Crippen molar-refractivity contribution in [2.45, 2.75) is 64.8 Å². The number of tetrazole rings is 1. The fourth-order valence-corrected chi connectivity index (χ4v) is 5.14. The zero-order chi connectivity index (χ0) is 26.2. The monoisotopic (exact) mass is 520 g/mol. The Morgan fingerprint density at radius 1 is 1.19 bits per heavy atom. The Bertz CT molecular complexity index is 1430. The molecule has 194 valence electrons. The summed E-state index contributed by atoms with van der Waals surface area (Å²) in [7, 11) is 0. The van der Waals surface area contributed by atoms with Gasteiger partial charge in [-0.05, 0) is 91.7 Å². The number of benzene rings is 2. The Morgan fingerprint density at radius 3 is 2.68 bits per heavy atom. The van der Waals surface area contributed by atoms with Gasteiger partial charge in [-0.15, -0.1) is 5.10 Å². The Balaban J connectivity index is 1.69. The smallest absolute Gasteiger partial charge is 0.253 e. The van der Waals surface area contributed by atoms with Gasteiger partial charge in [-0.3, -0.25) is 9.69 Å². The predicted octanol–water partition coefficient (Wildman–Crippen LogP) is 5.00. The van der Waals surface area contributed by atoms with Crippen molar-refractivity contribution in [2.24, 2.45) is 0 Å². The van der Waals surface area contributed by atoms with Gasteiger partial charge in [0.1, 0.15) is 6.04 Å². The van der Waals surface area contributed by atoms with Crippen LogP contribution in [0, 0.1) is 6.92 Å². The van der Waals surface area contributed by atoms with Crippen LogP contribution >= 0.6 is 11.6 Å². The van der Waals surface area contributed by atoms with Crippen molar-refractivity contribution in [3.05, 3.63) is 86.4 Å². The largest absolute Gasteiger partial charge is 0.377 e. The van der Waals surface area contributed by atoms with E-state index in [0.29, 0.717) is 29.5 Å². The Kier molecular flexibility index (Phi) is 7.16. The summed E-state index contributed by atoms with van der Waals surface area (Å²) in [6, 6.07) is 15.4. The number of hydrogen-bond donors (Lipinski definition) is 1. The average Bonchev–Trinajstić information content (AvgIpc) is 3.53. The van der Waals surface area contributed by atoms with Crippen molar-refractivity contribution in [2.75, 3.05) is 13.2 Å². The van der Waals surface area contributed by atoms with Crippen molar-refractivity contribution in [3.8, 4) is 0 Å². The van der Waals surface area contributed by atoms with E-state index in [-0.39, 0.29) is 17.2 Å². The summed E-state index contributed by atoms with van der Waals surface area (Å²) in [5, 5.41) is 14.5. The lowest BCUT2D eigenvalue weighted by Crippen LogP contribution is -2.40. The summed E-state index contributed by atoms with van der Waals surface area (Å²) in [4.78, 5) is 19.0. The molecule has 1 N–H and O–H groups in total. The molecule has 4 aromatic rings. The third-order valence-corrected chi connectivity index (χ3v) is 7.08. The van der Waals surface area contributed by atoms with Crippen LogP contribution in [0.5, 0.6) is 0 Å². The zero-order valence-corrected chi connectivity index (χ0v) is 22.5. The number of nitrogens with one attached hydrogen (secondary N) is 1. The number of fused-ring (bicyclic) bond motifs is 1. The fourth-order valence-electron chi connectivity index (χ4n) is 5.01. The highest BCUT2D eigenvalue weighted by molar-refractivity contribution is 6.30. The van der Waals surface area contributed by atoms with Crippen LogP contribution in [0.25, 0.3) is 10.9 Å². The molecule has 1 saturated heterocycles. The van der Waals surface area contributed by atoms with Crippen molar-refractivity contribution in [1.82, 2.24) is 30.1 Å². The fraction of sp³-hybridized carbons (Fsp3) is 0.429. The van der Waals surface area contributed by atoms with E-state index in [1.807, 2.05) is 54.1 Å². The number of halogens is 1. The summed E-state index contributed by atoms with van der Waals surface area (Å²) in [5.74, 6) is 0.622. The second-order valence-corrected chi connectivity index (χ2v) is 11.3. The van der Waals surface area contributed by atoms with Gasteiger partial charge in [0.15, 0.2) is 5.82 Å². The van der Waals surface area contributed by atoms with E-state index in [1.54, 1.807) is 0 Å². The molecular formula is C28H33ClN6O2. The van der Waals surface area contributed by atoms with Gasteiger partial charge in [0.05, 0.1) is 11.6 Å². The maximum Gasteiger partial charge on any atom is 0.253 e. The molecule has 2 atom stereocenters. The highest BCUT2D eigenvalue weighted by Gasteiger charge is 2.35. The molecule has 3 heterocycles. The first-order valence-electron chi connectivity index (χ1n) is 12.7. The van der Waals surface area contributed by atoms with Gasteiger partial charge in [0, 0.05) is 35.8 Å². The van der Waals surface area contributed by atoms with E-state index < -0.39 is 6.04 Å². The van der Waals surface area contributed by atoms with Gasteiger partial charge >= 0.3 is 0 Å². The van der Waals surface area contributed by atoms with Crippen LogP contribution in [0.4, 0.5) is 0 Å². The molecule has 0 saturated carbocycles. The van der Waals surface area contributed by atoms with Crippen LogP contribution in [-0.2, 0) is 16.8 Å². The Morgan fingerprint density at radius 2 is 1.97 bits per heavy atom. The summed E-state index contributed by atoms with van der Waals surface area (Å²) in [6.07, 6.45) is 2.07. The molecule has 0 aliphatic carbocycles. The maximum absolute atomic E-state index is 13.7. The Hall–Kier alpha value is -3.07. The van der Waals surface area contributed by atoms with Crippen LogP contribution in [0.1, 0.15) is 62.2 Å². The highest BCUT2D eigenvalue weighted by Crippen LogP contribution is 2.32. The second-order valence-electron chi connectivity index (χ2n) is 10.9. The minimum absolute atomic E-state index is 0.0657. The molecule has 9 heteroatoms. The minimum atomic E-state index is -0.497. The van der Waals surface area contributed by atoms with Crippen LogP contribution in [-0.4, -0.2) is 49.3 Å². The van der Waals surface area contributed by atoms with Crippen molar-refractivity contribution >= 4 is 22.5 Å². The molecule has 0 amide bonds. The molecule has 1 aliphatic heterocycles. The van der Waals surface area contributed by atoms with Crippen molar-refractivity contribution in [3.63, 3.8) is 0 Å². The standard InChI is InChI=1S/C28H33ClN6O2/c1-18-7-10-20-15-23(27(36)30-24(20)14-18)25(26-31-32-33-35(26)28(2,3)4)34(17-22-6-5-13-37-22)16-19-8-11-21(29)12-9-19/h7-12,14-15,22,25H,5-6,13,16-17H2,1-4H3,(H,30,36)/t22-,25-/m0/s1. The highest BCUT2D eigenvalue weighted by atomic mass is 35.5. The molecule has 0 unspecified atom stereocenters. The van der Waals surface area contributed by atoms with E-state index in [1.165, 1.54) is 0 Å². The van der Waals surface area contributed by atoms with Crippen LogP contribution in [0.3, 0.4) is 0 Å². The number of hydrogen-bond acceptors (Lipinski definition) is 6. The summed E-state index contributed by atoms with van der Waals surface area (Å²) in [6.45, 7) is 10.1. The SMILES string of the molecule is Cc1ccc2cc([C@@H](c3nnnn3C(C)(C)C)N(Cc3ccc(Cl)cc3)C[C@@H]3CCCO3)c(=O)[nH]c2c1. The van der Waals surface area contributed by atoms with Gasteiger partial charge in [-0.25, -0.2) is 4.68 Å². The Labute approximate surface area is 221 Å². The number of pyridine rings is 1. The lowest BCUT2D eigenvalue weighted by molar-refractivity contribution is 0.0564.